The molecule has 1 atom stereocenters. The molecule has 2 rings (SSSR count). The smallest absolute Gasteiger partial charge is 0.178 e. The number of hydrogen-bond donors (Lipinski definition) is 0. The molecule has 0 spiro atoms. The summed E-state index contributed by atoms with van der Waals surface area (Å²) in [7, 11) is 0. The summed E-state index contributed by atoms with van der Waals surface area (Å²) >= 11 is 3.12. The van der Waals surface area contributed by atoms with Gasteiger partial charge in [-0.15, -0.1) is 0 Å². The Balaban J connectivity index is 2.06. The van der Waals surface area contributed by atoms with Gasteiger partial charge >= 0.3 is 0 Å². The van der Waals surface area contributed by atoms with Crippen LogP contribution in [-0.4, -0.2) is 17.2 Å². The highest BCUT2D eigenvalue weighted by Crippen LogP contribution is 2.20. The predicted molar refractivity (Wildman–Crippen MR) is 61.7 cm³/mol. The molecule has 1 aromatic rings. The fourth-order valence-corrected chi connectivity index (χ4v) is 1.63. The summed E-state index contributed by atoms with van der Waals surface area (Å²) in [6.07, 6.45) is 3.04. The number of anilines is 1. The largest absolute Gasteiger partial charge is 0.295 e. The van der Waals surface area contributed by atoms with E-state index in [9.17, 15) is 4.79 Å². The predicted octanol–water partition coefficient (Wildman–Crippen LogP) is 2.28. The third-order valence-corrected chi connectivity index (χ3v) is 2.64. The van der Waals surface area contributed by atoms with Crippen molar-refractivity contribution in [3.8, 4) is 0 Å². The van der Waals surface area contributed by atoms with Gasteiger partial charge in [0.2, 0.25) is 0 Å². The van der Waals surface area contributed by atoms with Crippen molar-refractivity contribution in [3.05, 3.63) is 42.6 Å². The van der Waals surface area contributed by atoms with E-state index in [2.05, 4.69) is 15.9 Å². The van der Waals surface area contributed by atoms with Gasteiger partial charge in [0.1, 0.15) is 0 Å². The average Bonchev–Trinajstić information content (AvgIpc) is 2.78. The molecule has 1 aliphatic heterocycles. The van der Waals surface area contributed by atoms with Crippen molar-refractivity contribution in [1.82, 2.24) is 0 Å². The monoisotopic (exact) mass is 267 g/mol. The fourth-order valence-electron chi connectivity index (χ4n) is 1.31. The Morgan fingerprint density at radius 1 is 1.40 bits per heavy atom. The van der Waals surface area contributed by atoms with E-state index in [1.807, 2.05) is 30.3 Å². The fraction of sp³-hybridized carbons (Fsp3) is 0.182. The zero-order chi connectivity index (χ0) is 10.7. The number of ketones is 1. The summed E-state index contributed by atoms with van der Waals surface area (Å²) < 4.78 is 0. The lowest BCUT2D eigenvalue weighted by molar-refractivity contribution is -0.124. The Bertz CT molecular complexity index is 377. The molecular formula is C11H10BrNO2. The highest BCUT2D eigenvalue weighted by atomic mass is 79.9. The lowest BCUT2D eigenvalue weighted by Crippen LogP contribution is -2.25. The van der Waals surface area contributed by atoms with Gasteiger partial charge in [0.25, 0.3) is 0 Å². The minimum Gasteiger partial charge on any atom is -0.295 e. The molecule has 4 heteroatoms. The summed E-state index contributed by atoms with van der Waals surface area (Å²) in [5.41, 5.74) is 0.915. The number of hydroxylamine groups is 1. The summed E-state index contributed by atoms with van der Waals surface area (Å²) in [6, 6.07) is 9.62. The summed E-state index contributed by atoms with van der Waals surface area (Å²) in [5.74, 6) is 0.0182. The Morgan fingerprint density at radius 3 is 2.80 bits per heavy atom. The van der Waals surface area contributed by atoms with Crippen LogP contribution in [0, 0.1) is 0 Å². The summed E-state index contributed by atoms with van der Waals surface area (Å²) in [4.78, 5) is 16.8. The van der Waals surface area contributed by atoms with Crippen LogP contribution in [0.1, 0.15) is 0 Å². The Labute approximate surface area is 96.4 Å². The van der Waals surface area contributed by atoms with E-state index in [1.165, 1.54) is 0 Å². The van der Waals surface area contributed by atoms with Gasteiger partial charge in [-0.05, 0) is 18.2 Å². The zero-order valence-corrected chi connectivity index (χ0v) is 9.55. The maximum Gasteiger partial charge on any atom is 0.178 e. The molecule has 1 aliphatic rings. The molecular weight excluding hydrogens is 258 g/mol. The van der Waals surface area contributed by atoms with Crippen LogP contribution in [0.25, 0.3) is 0 Å². The molecule has 0 fully saturated rings. The minimum atomic E-state index is -0.468. The van der Waals surface area contributed by atoms with Crippen LogP contribution in [-0.2, 0) is 9.63 Å². The third-order valence-electron chi connectivity index (χ3n) is 2.08. The first kappa shape index (κ1) is 10.4. The molecule has 0 bridgehead atoms. The number of halogens is 1. The number of nitrogens with zero attached hydrogens (tertiary/aromatic N) is 1. The lowest BCUT2D eigenvalue weighted by Gasteiger charge is -2.16. The number of para-hydroxylation sites is 1. The van der Waals surface area contributed by atoms with E-state index >= 15 is 0 Å². The van der Waals surface area contributed by atoms with Crippen LogP contribution in [0.2, 0.25) is 0 Å². The van der Waals surface area contributed by atoms with Crippen LogP contribution in [0.5, 0.6) is 0 Å². The Kier molecular flexibility index (Phi) is 3.18. The van der Waals surface area contributed by atoms with E-state index in [0.717, 1.165) is 5.69 Å². The number of Topliss-reactive ketones (excluding diaryl/α,β-unsaturated/α-hetero) is 1. The number of carbonyl (C=O) groups is 1. The zero-order valence-electron chi connectivity index (χ0n) is 7.97. The summed E-state index contributed by atoms with van der Waals surface area (Å²) in [6.45, 7) is 0. The first-order chi connectivity index (χ1) is 7.31. The highest BCUT2D eigenvalue weighted by molar-refractivity contribution is 9.09. The van der Waals surface area contributed by atoms with Gasteiger partial charge in [0.05, 0.1) is 11.0 Å². The number of hydrogen-bond acceptors (Lipinski definition) is 3. The molecule has 1 heterocycles. The number of carbonyl (C=O) groups excluding carboxylic acids is 1. The van der Waals surface area contributed by atoms with Crippen molar-refractivity contribution in [2.75, 3.05) is 10.4 Å². The maximum absolute atomic E-state index is 11.3. The molecule has 3 nitrogen and oxygen atoms in total. The van der Waals surface area contributed by atoms with Gasteiger partial charge in [-0.2, -0.15) is 0 Å². The van der Waals surface area contributed by atoms with Gasteiger partial charge in [-0.25, -0.2) is 5.06 Å². The highest BCUT2D eigenvalue weighted by Gasteiger charge is 2.23. The molecule has 0 aliphatic carbocycles. The number of benzene rings is 1. The quantitative estimate of drug-likeness (QED) is 0.788. The Morgan fingerprint density at radius 2 is 2.13 bits per heavy atom. The lowest BCUT2D eigenvalue weighted by atomic mass is 10.2. The van der Waals surface area contributed by atoms with Gasteiger partial charge < -0.3 is 0 Å². The standard InChI is InChI=1S/C11H10BrNO2/c12-8-10(14)11-6-7-13(15-11)9-4-2-1-3-5-9/h1-7,11H,8H2/t11-/m1/s1. The van der Waals surface area contributed by atoms with Crippen LogP contribution in [0.15, 0.2) is 42.6 Å². The van der Waals surface area contributed by atoms with Gasteiger partial charge in [0, 0.05) is 6.20 Å². The first-order valence-corrected chi connectivity index (χ1v) is 5.71. The van der Waals surface area contributed by atoms with Crippen LogP contribution >= 0.6 is 15.9 Å². The molecule has 15 heavy (non-hydrogen) atoms. The van der Waals surface area contributed by atoms with Crippen molar-refractivity contribution in [2.24, 2.45) is 0 Å². The average molecular weight is 268 g/mol. The molecule has 0 aromatic heterocycles. The van der Waals surface area contributed by atoms with E-state index in [1.54, 1.807) is 17.3 Å². The van der Waals surface area contributed by atoms with Crippen molar-refractivity contribution < 1.29 is 9.63 Å². The normalized spacial score (nSPS) is 19.5. The number of rotatable bonds is 3. The molecule has 0 saturated carbocycles. The molecule has 78 valence electrons. The third kappa shape index (κ3) is 2.27. The van der Waals surface area contributed by atoms with E-state index in [0.29, 0.717) is 5.33 Å². The second kappa shape index (κ2) is 4.59. The van der Waals surface area contributed by atoms with E-state index < -0.39 is 6.10 Å². The van der Waals surface area contributed by atoms with Crippen molar-refractivity contribution in [2.45, 2.75) is 6.10 Å². The van der Waals surface area contributed by atoms with Crippen molar-refractivity contribution in [3.63, 3.8) is 0 Å². The van der Waals surface area contributed by atoms with E-state index in [-0.39, 0.29) is 5.78 Å². The molecule has 0 amide bonds. The molecule has 1 aromatic carbocycles. The topological polar surface area (TPSA) is 29.5 Å². The van der Waals surface area contributed by atoms with Crippen LogP contribution in [0.4, 0.5) is 5.69 Å². The van der Waals surface area contributed by atoms with Gasteiger partial charge in [-0.1, -0.05) is 34.1 Å². The van der Waals surface area contributed by atoms with Crippen molar-refractivity contribution in [1.29, 1.82) is 0 Å². The van der Waals surface area contributed by atoms with Gasteiger partial charge in [-0.3, -0.25) is 9.63 Å². The molecule has 0 unspecified atom stereocenters. The second-order valence-corrected chi connectivity index (χ2v) is 3.69. The maximum atomic E-state index is 11.3. The first-order valence-electron chi connectivity index (χ1n) is 4.59. The Hall–Kier alpha value is -1.13. The summed E-state index contributed by atoms with van der Waals surface area (Å²) in [5, 5.41) is 1.91. The van der Waals surface area contributed by atoms with E-state index in [4.69, 9.17) is 4.84 Å². The second-order valence-electron chi connectivity index (χ2n) is 3.13. The minimum absolute atomic E-state index is 0.0182. The molecule has 0 radical (unpaired) electrons. The van der Waals surface area contributed by atoms with Crippen LogP contribution in [0.3, 0.4) is 0 Å². The van der Waals surface area contributed by atoms with Crippen molar-refractivity contribution >= 4 is 27.4 Å². The SMILES string of the molecule is O=C(CBr)[C@H]1C=CN(c2ccccc2)O1. The molecule has 0 saturated heterocycles. The van der Waals surface area contributed by atoms with Gasteiger partial charge in [0.15, 0.2) is 11.9 Å². The van der Waals surface area contributed by atoms with Crippen LogP contribution < -0.4 is 5.06 Å². The molecule has 0 N–H and O–H groups in total. The number of alkyl halides is 1.